The topological polar surface area (TPSA) is 17.8 Å². The molecular formula is C18H25ClN2. The van der Waals surface area contributed by atoms with Gasteiger partial charge in [0.05, 0.1) is 16.9 Å². The van der Waals surface area contributed by atoms with Crippen molar-refractivity contribution in [2.45, 2.75) is 64.3 Å². The molecule has 0 N–H and O–H groups in total. The highest BCUT2D eigenvalue weighted by Gasteiger charge is 2.25. The number of para-hydroxylation sites is 1. The third-order valence-electron chi connectivity index (χ3n) is 4.99. The van der Waals surface area contributed by atoms with Crippen LogP contribution in [0.1, 0.15) is 62.9 Å². The van der Waals surface area contributed by atoms with Crippen LogP contribution < -0.4 is 0 Å². The number of hydrogen-bond donors (Lipinski definition) is 0. The molecule has 0 radical (unpaired) electrons. The minimum absolute atomic E-state index is 0.503. The maximum atomic E-state index is 6.17. The lowest BCUT2D eigenvalue weighted by Gasteiger charge is -2.30. The van der Waals surface area contributed by atoms with Gasteiger partial charge in [-0.15, -0.1) is 11.6 Å². The highest BCUT2D eigenvalue weighted by Crippen LogP contribution is 2.37. The molecule has 1 aromatic heterocycles. The third-order valence-corrected chi connectivity index (χ3v) is 5.23. The van der Waals surface area contributed by atoms with Gasteiger partial charge in [0.15, 0.2) is 0 Å². The summed E-state index contributed by atoms with van der Waals surface area (Å²) in [5, 5.41) is 0. The van der Waals surface area contributed by atoms with Crippen molar-refractivity contribution in [3.63, 3.8) is 0 Å². The zero-order chi connectivity index (χ0) is 14.8. The van der Waals surface area contributed by atoms with Gasteiger partial charge in [-0.3, -0.25) is 0 Å². The second kappa shape index (κ2) is 6.39. The minimum atomic E-state index is 0.503. The first-order valence-corrected chi connectivity index (χ1v) is 8.80. The molecule has 1 aliphatic carbocycles. The fourth-order valence-corrected chi connectivity index (χ4v) is 4.10. The number of aryl methyl sites for hydroxylation is 1. The highest BCUT2D eigenvalue weighted by molar-refractivity contribution is 6.16. The summed E-state index contributed by atoms with van der Waals surface area (Å²) in [6.45, 7) is 4.43. The minimum Gasteiger partial charge on any atom is -0.324 e. The lowest BCUT2D eigenvalue weighted by molar-refractivity contribution is 0.263. The summed E-state index contributed by atoms with van der Waals surface area (Å²) in [6.07, 6.45) is 7.95. The zero-order valence-corrected chi connectivity index (χ0v) is 13.9. The van der Waals surface area contributed by atoms with Crippen molar-refractivity contribution in [2.24, 2.45) is 5.92 Å². The molecule has 3 heteroatoms. The second-order valence-corrected chi connectivity index (χ2v) is 6.70. The second-order valence-electron chi connectivity index (χ2n) is 6.44. The number of alkyl halides is 1. The van der Waals surface area contributed by atoms with Gasteiger partial charge in [0, 0.05) is 6.04 Å². The van der Waals surface area contributed by atoms with E-state index in [0.29, 0.717) is 11.9 Å². The molecule has 0 spiro atoms. The molecule has 1 fully saturated rings. The number of aromatic nitrogens is 2. The number of fused-ring (bicyclic) bond motifs is 1. The van der Waals surface area contributed by atoms with Gasteiger partial charge in [-0.2, -0.15) is 0 Å². The van der Waals surface area contributed by atoms with Crippen molar-refractivity contribution >= 4 is 22.6 Å². The molecule has 1 heterocycles. The van der Waals surface area contributed by atoms with E-state index in [1.54, 1.807) is 0 Å². The van der Waals surface area contributed by atoms with E-state index < -0.39 is 0 Å². The molecule has 0 aliphatic heterocycles. The summed E-state index contributed by atoms with van der Waals surface area (Å²) in [5.41, 5.74) is 3.64. The summed E-state index contributed by atoms with van der Waals surface area (Å²) in [5.74, 6) is 2.48. The molecule has 1 aliphatic rings. The Hall–Kier alpha value is -1.02. The van der Waals surface area contributed by atoms with Gasteiger partial charge in [-0.05, 0) is 50.2 Å². The molecule has 114 valence electrons. The van der Waals surface area contributed by atoms with Gasteiger partial charge in [0.1, 0.15) is 5.82 Å². The fourth-order valence-electron chi connectivity index (χ4n) is 3.91. The van der Waals surface area contributed by atoms with Gasteiger partial charge in [0.25, 0.3) is 0 Å². The maximum Gasteiger partial charge on any atom is 0.125 e. The summed E-state index contributed by atoms with van der Waals surface area (Å²) in [7, 11) is 0. The molecule has 1 saturated carbocycles. The predicted molar refractivity (Wildman–Crippen MR) is 89.9 cm³/mol. The van der Waals surface area contributed by atoms with Crippen molar-refractivity contribution in [2.75, 3.05) is 0 Å². The van der Waals surface area contributed by atoms with Crippen LogP contribution in [0.15, 0.2) is 18.2 Å². The number of nitrogens with zero attached hydrogens (tertiary/aromatic N) is 2. The molecular weight excluding hydrogens is 280 g/mol. The number of halogens is 1. The van der Waals surface area contributed by atoms with E-state index in [4.69, 9.17) is 16.6 Å². The normalized spacial score (nSPS) is 22.8. The Bertz CT molecular complexity index is 609. The van der Waals surface area contributed by atoms with E-state index in [1.165, 1.54) is 49.6 Å². The Labute approximate surface area is 132 Å². The predicted octanol–water partition coefficient (Wildman–Crippen LogP) is 5.61. The van der Waals surface area contributed by atoms with Crippen molar-refractivity contribution in [3.8, 4) is 0 Å². The van der Waals surface area contributed by atoms with Gasteiger partial charge < -0.3 is 4.57 Å². The van der Waals surface area contributed by atoms with Gasteiger partial charge in [-0.25, -0.2) is 4.98 Å². The summed E-state index contributed by atoms with van der Waals surface area (Å²) < 4.78 is 2.43. The van der Waals surface area contributed by atoms with Gasteiger partial charge in [-0.1, -0.05) is 31.9 Å². The van der Waals surface area contributed by atoms with Crippen LogP contribution in [-0.4, -0.2) is 9.55 Å². The lowest BCUT2D eigenvalue weighted by atomic mass is 9.83. The molecule has 0 amide bonds. The maximum absolute atomic E-state index is 6.17. The van der Waals surface area contributed by atoms with Crippen molar-refractivity contribution in [1.29, 1.82) is 0 Å². The smallest absolute Gasteiger partial charge is 0.125 e. The Balaban J connectivity index is 1.91. The first-order valence-electron chi connectivity index (χ1n) is 8.27. The van der Waals surface area contributed by atoms with Crippen LogP contribution in [0.25, 0.3) is 11.0 Å². The number of hydrogen-bond acceptors (Lipinski definition) is 1. The molecule has 0 unspecified atom stereocenters. The highest BCUT2D eigenvalue weighted by atomic mass is 35.5. The Morgan fingerprint density at radius 2 is 2.00 bits per heavy atom. The third kappa shape index (κ3) is 2.83. The molecule has 21 heavy (non-hydrogen) atoms. The van der Waals surface area contributed by atoms with E-state index in [0.717, 1.165) is 17.3 Å². The number of rotatable bonds is 4. The summed E-state index contributed by atoms with van der Waals surface area (Å²) >= 11 is 6.17. The van der Waals surface area contributed by atoms with Crippen LogP contribution in [-0.2, 0) is 5.88 Å². The van der Waals surface area contributed by atoms with E-state index in [2.05, 4.69) is 36.6 Å². The molecule has 0 atom stereocenters. The molecule has 0 bridgehead atoms. The van der Waals surface area contributed by atoms with E-state index in [1.807, 2.05) is 0 Å². The van der Waals surface area contributed by atoms with Crippen LogP contribution in [0.2, 0.25) is 0 Å². The molecule has 1 aromatic carbocycles. The monoisotopic (exact) mass is 304 g/mol. The molecule has 3 rings (SSSR count). The molecule has 2 aromatic rings. The summed E-state index contributed by atoms with van der Waals surface area (Å²) in [4.78, 5) is 4.79. The fraction of sp³-hybridized carbons (Fsp3) is 0.611. The number of benzene rings is 1. The zero-order valence-electron chi connectivity index (χ0n) is 13.1. The first kappa shape index (κ1) is 14.9. The Kier molecular flexibility index (Phi) is 4.54. The van der Waals surface area contributed by atoms with E-state index >= 15 is 0 Å². The average Bonchev–Trinajstić information content (AvgIpc) is 2.88. The van der Waals surface area contributed by atoms with Crippen LogP contribution in [0, 0.1) is 12.8 Å². The van der Waals surface area contributed by atoms with Crippen LogP contribution >= 0.6 is 11.6 Å². The van der Waals surface area contributed by atoms with Crippen molar-refractivity contribution in [3.05, 3.63) is 29.6 Å². The Morgan fingerprint density at radius 3 is 2.67 bits per heavy atom. The SMILES string of the molecule is CCCC1CCC(n2c(CCl)nc3c(C)cccc32)CC1. The van der Waals surface area contributed by atoms with Crippen molar-refractivity contribution < 1.29 is 0 Å². The first-order chi connectivity index (χ1) is 10.2. The lowest BCUT2D eigenvalue weighted by Crippen LogP contribution is -2.19. The quantitative estimate of drug-likeness (QED) is 0.671. The number of imidazole rings is 1. The van der Waals surface area contributed by atoms with Gasteiger partial charge >= 0.3 is 0 Å². The van der Waals surface area contributed by atoms with Crippen LogP contribution in [0.4, 0.5) is 0 Å². The van der Waals surface area contributed by atoms with E-state index in [-0.39, 0.29) is 0 Å². The van der Waals surface area contributed by atoms with Crippen LogP contribution in [0.3, 0.4) is 0 Å². The van der Waals surface area contributed by atoms with Crippen LogP contribution in [0.5, 0.6) is 0 Å². The average molecular weight is 305 g/mol. The molecule has 0 saturated heterocycles. The standard InChI is InChI=1S/C18H25ClN2/c1-3-5-14-8-10-15(11-9-14)21-16-7-4-6-13(2)18(16)20-17(21)12-19/h4,6-7,14-15H,3,5,8-12H2,1-2H3. The van der Waals surface area contributed by atoms with Gasteiger partial charge in [0.2, 0.25) is 0 Å². The molecule has 2 nitrogen and oxygen atoms in total. The van der Waals surface area contributed by atoms with E-state index in [9.17, 15) is 0 Å². The summed E-state index contributed by atoms with van der Waals surface area (Å²) in [6, 6.07) is 7.05. The largest absolute Gasteiger partial charge is 0.324 e. The van der Waals surface area contributed by atoms with Crippen molar-refractivity contribution in [1.82, 2.24) is 9.55 Å². The Morgan fingerprint density at radius 1 is 1.24 bits per heavy atom.